The second-order valence-corrected chi connectivity index (χ2v) is 7.61. The highest BCUT2D eigenvalue weighted by molar-refractivity contribution is 7.88. The number of piperazine rings is 1. The number of ether oxygens (including phenoxy) is 1. The summed E-state index contributed by atoms with van der Waals surface area (Å²) in [6.07, 6.45) is 4.94. The van der Waals surface area contributed by atoms with Gasteiger partial charge in [-0.05, 0) is 12.8 Å². The van der Waals surface area contributed by atoms with Gasteiger partial charge in [-0.3, -0.25) is 9.59 Å². The topological polar surface area (TPSA) is 84.0 Å². The number of amides is 1. The van der Waals surface area contributed by atoms with Gasteiger partial charge >= 0.3 is 5.97 Å². The van der Waals surface area contributed by atoms with Crippen LogP contribution < -0.4 is 0 Å². The average Bonchev–Trinajstić information content (AvgIpc) is 2.98. The van der Waals surface area contributed by atoms with Crippen molar-refractivity contribution in [3.05, 3.63) is 0 Å². The Kier molecular flexibility index (Phi) is 4.88. The van der Waals surface area contributed by atoms with Crippen LogP contribution in [0.5, 0.6) is 0 Å². The lowest BCUT2D eigenvalue weighted by Crippen LogP contribution is -2.59. The minimum Gasteiger partial charge on any atom is -0.468 e. The molecule has 1 aliphatic carbocycles. The van der Waals surface area contributed by atoms with E-state index in [0.29, 0.717) is 6.54 Å². The highest BCUT2D eigenvalue weighted by Crippen LogP contribution is 2.27. The summed E-state index contributed by atoms with van der Waals surface area (Å²) in [5.41, 5.74) is 0. The molecule has 1 saturated heterocycles. The zero-order chi connectivity index (χ0) is 15.6. The second kappa shape index (κ2) is 6.31. The van der Waals surface area contributed by atoms with Crippen molar-refractivity contribution in [1.82, 2.24) is 9.21 Å². The molecule has 0 bridgehead atoms. The van der Waals surface area contributed by atoms with Crippen molar-refractivity contribution >= 4 is 21.9 Å². The monoisotopic (exact) mass is 318 g/mol. The lowest BCUT2D eigenvalue weighted by molar-refractivity contribution is -0.149. The van der Waals surface area contributed by atoms with Crippen LogP contribution in [0.4, 0.5) is 0 Å². The van der Waals surface area contributed by atoms with Crippen molar-refractivity contribution in [2.75, 3.05) is 33.0 Å². The van der Waals surface area contributed by atoms with Gasteiger partial charge in [0.25, 0.3) is 0 Å². The van der Waals surface area contributed by atoms with E-state index in [1.807, 2.05) is 0 Å². The molecule has 0 spiro atoms. The molecule has 1 aliphatic heterocycles. The summed E-state index contributed by atoms with van der Waals surface area (Å²) < 4.78 is 29.3. The molecule has 0 N–H and O–H groups in total. The first-order valence-corrected chi connectivity index (χ1v) is 9.03. The molecule has 2 rings (SSSR count). The Morgan fingerprint density at radius 3 is 2.29 bits per heavy atom. The fourth-order valence-corrected chi connectivity index (χ4v) is 4.15. The summed E-state index contributed by atoms with van der Waals surface area (Å²) in [5, 5.41) is 0. The Labute approximate surface area is 125 Å². The van der Waals surface area contributed by atoms with Crippen LogP contribution in [0.15, 0.2) is 0 Å². The van der Waals surface area contributed by atoms with E-state index in [1.165, 1.54) is 7.11 Å². The molecular weight excluding hydrogens is 296 g/mol. The Balaban J connectivity index is 2.12. The Hall–Kier alpha value is -1.15. The van der Waals surface area contributed by atoms with Gasteiger partial charge in [-0.25, -0.2) is 8.42 Å². The van der Waals surface area contributed by atoms with Crippen molar-refractivity contribution in [1.29, 1.82) is 0 Å². The molecule has 1 saturated carbocycles. The SMILES string of the molecule is COC(=O)C1CN(C(=O)C2CCCC2)CCN1S(C)(=O)=O. The normalized spacial score (nSPS) is 25.0. The number of rotatable bonds is 3. The highest BCUT2D eigenvalue weighted by Gasteiger charge is 2.41. The Morgan fingerprint density at radius 2 is 1.76 bits per heavy atom. The third-order valence-corrected chi connectivity index (χ3v) is 5.54. The van der Waals surface area contributed by atoms with Crippen LogP contribution in [0.2, 0.25) is 0 Å². The maximum Gasteiger partial charge on any atom is 0.326 e. The molecule has 1 atom stereocenters. The number of carbonyl (C=O) groups is 2. The number of sulfonamides is 1. The van der Waals surface area contributed by atoms with E-state index in [9.17, 15) is 18.0 Å². The second-order valence-electron chi connectivity index (χ2n) is 5.68. The van der Waals surface area contributed by atoms with Gasteiger partial charge in [0, 0.05) is 25.6 Å². The van der Waals surface area contributed by atoms with Crippen LogP contribution in [-0.4, -0.2) is 68.5 Å². The molecule has 1 heterocycles. The van der Waals surface area contributed by atoms with Crippen molar-refractivity contribution in [3.63, 3.8) is 0 Å². The fourth-order valence-electron chi connectivity index (χ4n) is 3.12. The van der Waals surface area contributed by atoms with Crippen LogP contribution >= 0.6 is 0 Å². The van der Waals surface area contributed by atoms with Crippen molar-refractivity contribution in [2.45, 2.75) is 31.7 Å². The van der Waals surface area contributed by atoms with Gasteiger partial charge < -0.3 is 9.64 Å². The minimum absolute atomic E-state index is 0.0214. The van der Waals surface area contributed by atoms with Crippen LogP contribution in [0.1, 0.15) is 25.7 Å². The van der Waals surface area contributed by atoms with E-state index < -0.39 is 22.0 Å². The Morgan fingerprint density at radius 1 is 1.14 bits per heavy atom. The smallest absolute Gasteiger partial charge is 0.326 e. The first-order valence-electron chi connectivity index (χ1n) is 7.18. The predicted octanol–water partition coefficient (Wildman–Crippen LogP) is -0.178. The molecule has 2 aliphatic rings. The van der Waals surface area contributed by atoms with Crippen LogP contribution in [0.3, 0.4) is 0 Å². The van der Waals surface area contributed by atoms with Crippen molar-refractivity contribution in [2.24, 2.45) is 5.92 Å². The van der Waals surface area contributed by atoms with Crippen molar-refractivity contribution in [3.8, 4) is 0 Å². The molecule has 1 unspecified atom stereocenters. The third kappa shape index (κ3) is 3.55. The van der Waals surface area contributed by atoms with E-state index in [-0.39, 0.29) is 24.9 Å². The van der Waals surface area contributed by atoms with Crippen LogP contribution in [-0.2, 0) is 24.3 Å². The predicted molar refractivity (Wildman–Crippen MR) is 75.9 cm³/mol. The van der Waals surface area contributed by atoms with E-state index in [0.717, 1.165) is 36.2 Å². The number of hydrogen-bond acceptors (Lipinski definition) is 5. The molecular formula is C13H22N2O5S. The molecule has 2 fully saturated rings. The van der Waals surface area contributed by atoms with Gasteiger partial charge in [0.15, 0.2) is 0 Å². The van der Waals surface area contributed by atoms with Crippen LogP contribution in [0.25, 0.3) is 0 Å². The molecule has 0 aromatic rings. The van der Waals surface area contributed by atoms with Gasteiger partial charge in [-0.15, -0.1) is 0 Å². The molecule has 0 aromatic heterocycles. The maximum atomic E-state index is 12.4. The molecule has 21 heavy (non-hydrogen) atoms. The lowest BCUT2D eigenvalue weighted by Gasteiger charge is -2.39. The first kappa shape index (κ1) is 16.2. The van der Waals surface area contributed by atoms with E-state index in [4.69, 9.17) is 0 Å². The van der Waals surface area contributed by atoms with Gasteiger partial charge in [-0.1, -0.05) is 12.8 Å². The largest absolute Gasteiger partial charge is 0.468 e. The van der Waals surface area contributed by atoms with E-state index in [2.05, 4.69) is 4.74 Å². The van der Waals surface area contributed by atoms with E-state index >= 15 is 0 Å². The summed E-state index contributed by atoms with van der Waals surface area (Å²) in [4.78, 5) is 25.9. The number of methoxy groups -OCH3 is 1. The number of carbonyl (C=O) groups excluding carboxylic acids is 2. The summed E-state index contributed by atoms with van der Waals surface area (Å²) >= 11 is 0. The fraction of sp³-hybridized carbons (Fsp3) is 0.846. The summed E-state index contributed by atoms with van der Waals surface area (Å²) in [7, 11) is -2.28. The molecule has 1 amide bonds. The molecule has 0 radical (unpaired) electrons. The molecule has 8 heteroatoms. The van der Waals surface area contributed by atoms with Gasteiger partial charge in [0.1, 0.15) is 6.04 Å². The maximum absolute atomic E-state index is 12.4. The quantitative estimate of drug-likeness (QED) is 0.674. The third-order valence-electron chi connectivity index (χ3n) is 4.25. The molecule has 7 nitrogen and oxygen atoms in total. The Bertz CT molecular complexity index is 513. The minimum atomic E-state index is -3.50. The zero-order valence-corrected chi connectivity index (χ0v) is 13.3. The lowest BCUT2D eigenvalue weighted by atomic mass is 10.1. The highest BCUT2D eigenvalue weighted by atomic mass is 32.2. The zero-order valence-electron chi connectivity index (χ0n) is 12.4. The summed E-state index contributed by atoms with van der Waals surface area (Å²) in [6.45, 7) is 0.544. The molecule has 120 valence electrons. The summed E-state index contributed by atoms with van der Waals surface area (Å²) in [6, 6.07) is -0.941. The molecule has 0 aromatic carbocycles. The first-order chi connectivity index (χ1) is 9.84. The number of esters is 1. The van der Waals surface area contributed by atoms with Gasteiger partial charge in [0.2, 0.25) is 15.9 Å². The number of hydrogen-bond donors (Lipinski definition) is 0. The number of nitrogens with zero attached hydrogens (tertiary/aromatic N) is 2. The van der Waals surface area contributed by atoms with Crippen molar-refractivity contribution < 1.29 is 22.7 Å². The van der Waals surface area contributed by atoms with Gasteiger partial charge in [-0.2, -0.15) is 4.31 Å². The summed E-state index contributed by atoms with van der Waals surface area (Å²) in [5.74, 6) is -0.563. The average molecular weight is 318 g/mol. The standard InChI is InChI=1S/C13H22N2O5S/c1-20-13(17)11-9-14(7-8-15(11)21(2,18)19)12(16)10-5-3-4-6-10/h10-11H,3-9H2,1-2H3. The van der Waals surface area contributed by atoms with Gasteiger partial charge in [0.05, 0.1) is 13.4 Å². The van der Waals surface area contributed by atoms with Crippen LogP contribution in [0, 0.1) is 5.92 Å². The van der Waals surface area contributed by atoms with E-state index in [1.54, 1.807) is 4.90 Å².